The van der Waals surface area contributed by atoms with Gasteiger partial charge in [-0.2, -0.15) is 0 Å². The SMILES string of the molecule is CC(C)[C@H](NC(=O)[C@@H](O)[C@H](N)Cc1ccccc1)C(=O)N1CCC[C@H]1C(=O)N1CCC[C@H]1C(=O)O. The van der Waals surface area contributed by atoms with E-state index in [1.165, 1.54) is 9.80 Å². The molecule has 0 bridgehead atoms. The minimum absolute atomic E-state index is 0.291. The Hall–Kier alpha value is -2.98. The molecule has 0 spiro atoms. The largest absolute Gasteiger partial charge is 0.480 e. The number of hydrogen-bond donors (Lipinski definition) is 4. The van der Waals surface area contributed by atoms with Crippen LogP contribution in [0.1, 0.15) is 45.1 Å². The van der Waals surface area contributed by atoms with Crippen molar-refractivity contribution < 1.29 is 29.4 Å². The third-order valence-corrected chi connectivity index (χ3v) is 6.86. The highest BCUT2D eigenvalue weighted by atomic mass is 16.4. The highest BCUT2D eigenvalue weighted by molar-refractivity contribution is 5.94. The molecule has 2 fully saturated rings. The molecule has 5 atom stereocenters. The van der Waals surface area contributed by atoms with E-state index in [9.17, 15) is 29.4 Å². The monoisotopic (exact) mass is 488 g/mol. The number of nitrogens with zero attached hydrogens (tertiary/aromatic N) is 2. The van der Waals surface area contributed by atoms with Crippen molar-refractivity contribution in [3.63, 3.8) is 0 Å². The standard InChI is InChI=1S/C25H36N4O6/c1-15(2)20(27-22(31)21(30)17(26)14-16-8-4-3-5-9-16)24(33)28-12-6-10-18(28)23(32)29-13-7-11-19(29)25(34)35/h3-5,8-9,15,17-21,30H,6-7,10-14,26H2,1-2H3,(H,27,31)(H,34,35)/t17-,18+,19+,20+,21+/m1/s1. The Morgan fingerprint density at radius 3 is 2.23 bits per heavy atom. The number of likely N-dealkylation sites (tertiary alicyclic amines) is 2. The minimum atomic E-state index is -1.51. The number of aliphatic hydroxyl groups is 1. The van der Waals surface area contributed by atoms with Crippen molar-refractivity contribution in [3.05, 3.63) is 35.9 Å². The number of nitrogens with two attached hydrogens (primary N) is 1. The Kier molecular flexibility index (Phi) is 8.85. The van der Waals surface area contributed by atoms with Gasteiger partial charge in [0.05, 0.1) is 0 Å². The van der Waals surface area contributed by atoms with E-state index in [1.54, 1.807) is 13.8 Å². The first kappa shape index (κ1) is 26.6. The van der Waals surface area contributed by atoms with Gasteiger partial charge in [0, 0.05) is 19.1 Å². The minimum Gasteiger partial charge on any atom is -0.480 e. The van der Waals surface area contributed by atoms with Crippen LogP contribution in [0.5, 0.6) is 0 Å². The number of carbonyl (C=O) groups is 4. The fourth-order valence-corrected chi connectivity index (χ4v) is 4.89. The van der Waals surface area contributed by atoms with Gasteiger partial charge in [0.1, 0.15) is 24.2 Å². The Labute approximate surface area is 205 Å². The third kappa shape index (κ3) is 6.18. The summed E-state index contributed by atoms with van der Waals surface area (Å²) in [6.45, 7) is 4.24. The highest BCUT2D eigenvalue weighted by Gasteiger charge is 2.44. The molecule has 192 valence electrons. The number of rotatable bonds is 9. The van der Waals surface area contributed by atoms with E-state index in [4.69, 9.17) is 5.73 Å². The molecule has 10 nitrogen and oxygen atoms in total. The zero-order chi connectivity index (χ0) is 25.7. The Morgan fingerprint density at radius 1 is 1.03 bits per heavy atom. The van der Waals surface area contributed by atoms with Crippen LogP contribution in [0.2, 0.25) is 0 Å². The van der Waals surface area contributed by atoms with Crippen LogP contribution in [0, 0.1) is 5.92 Å². The lowest BCUT2D eigenvalue weighted by molar-refractivity contribution is -0.152. The molecule has 0 aliphatic carbocycles. The summed E-state index contributed by atoms with van der Waals surface area (Å²) in [5.74, 6) is -2.87. The molecule has 35 heavy (non-hydrogen) atoms. The van der Waals surface area contributed by atoms with Crippen molar-refractivity contribution in [2.75, 3.05) is 13.1 Å². The summed E-state index contributed by atoms with van der Waals surface area (Å²) in [6.07, 6.45) is 0.830. The molecule has 2 saturated heterocycles. The van der Waals surface area contributed by atoms with E-state index < -0.39 is 48.1 Å². The zero-order valence-corrected chi connectivity index (χ0v) is 20.3. The summed E-state index contributed by atoms with van der Waals surface area (Å²) in [4.78, 5) is 53.8. The van der Waals surface area contributed by atoms with Gasteiger partial charge in [-0.1, -0.05) is 44.2 Å². The van der Waals surface area contributed by atoms with Gasteiger partial charge in [0.2, 0.25) is 11.8 Å². The third-order valence-electron chi connectivity index (χ3n) is 6.86. The summed E-state index contributed by atoms with van der Waals surface area (Å²) < 4.78 is 0. The quantitative estimate of drug-likeness (QED) is 0.385. The Morgan fingerprint density at radius 2 is 1.63 bits per heavy atom. The van der Waals surface area contributed by atoms with Crippen LogP contribution < -0.4 is 11.1 Å². The van der Waals surface area contributed by atoms with E-state index in [-0.39, 0.29) is 11.8 Å². The van der Waals surface area contributed by atoms with Gasteiger partial charge in [0.25, 0.3) is 5.91 Å². The topological polar surface area (TPSA) is 153 Å². The molecular formula is C25H36N4O6. The second-order valence-electron chi connectivity index (χ2n) is 9.75. The molecule has 0 saturated carbocycles. The number of amides is 3. The molecule has 1 aromatic carbocycles. The number of aliphatic hydroxyl groups excluding tert-OH is 1. The first-order valence-electron chi connectivity index (χ1n) is 12.2. The van der Waals surface area contributed by atoms with Gasteiger partial charge >= 0.3 is 5.97 Å². The Balaban J connectivity index is 1.67. The van der Waals surface area contributed by atoms with Gasteiger partial charge in [-0.25, -0.2) is 4.79 Å². The number of carboxylic acid groups (broad SMARTS) is 1. The van der Waals surface area contributed by atoms with Crippen LogP contribution in [0.15, 0.2) is 30.3 Å². The van der Waals surface area contributed by atoms with E-state index in [1.807, 2.05) is 30.3 Å². The fourth-order valence-electron chi connectivity index (χ4n) is 4.89. The predicted octanol–water partition coefficient (Wildman–Crippen LogP) is 0.125. The highest BCUT2D eigenvalue weighted by Crippen LogP contribution is 2.26. The molecule has 0 radical (unpaired) electrons. The lowest BCUT2D eigenvalue weighted by atomic mass is 9.99. The number of carbonyl (C=O) groups excluding carboxylic acids is 3. The maximum absolute atomic E-state index is 13.5. The van der Waals surface area contributed by atoms with E-state index in [2.05, 4.69) is 5.32 Å². The average Bonchev–Trinajstić information content (AvgIpc) is 3.51. The summed E-state index contributed by atoms with van der Waals surface area (Å²) in [5.41, 5.74) is 6.94. The van der Waals surface area contributed by atoms with Crippen molar-refractivity contribution in [3.8, 4) is 0 Å². The first-order valence-corrected chi connectivity index (χ1v) is 12.2. The number of carboxylic acids is 1. The van der Waals surface area contributed by atoms with E-state index >= 15 is 0 Å². The molecule has 2 aliphatic rings. The van der Waals surface area contributed by atoms with Crippen LogP contribution in [0.3, 0.4) is 0 Å². The molecule has 5 N–H and O–H groups in total. The molecule has 2 aliphatic heterocycles. The van der Waals surface area contributed by atoms with Gasteiger partial charge in [-0.05, 0) is 43.6 Å². The average molecular weight is 489 g/mol. The molecule has 1 aromatic rings. The number of benzene rings is 1. The molecule has 3 rings (SSSR count). The van der Waals surface area contributed by atoms with E-state index in [0.717, 1.165) is 5.56 Å². The lowest BCUT2D eigenvalue weighted by Gasteiger charge is -2.33. The molecule has 2 heterocycles. The smallest absolute Gasteiger partial charge is 0.326 e. The summed E-state index contributed by atoms with van der Waals surface area (Å²) in [7, 11) is 0. The maximum Gasteiger partial charge on any atom is 0.326 e. The van der Waals surface area contributed by atoms with Crippen molar-refractivity contribution in [2.24, 2.45) is 11.7 Å². The molecule has 10 heteroatoms. The van der Waals surface area contributed by atoms with Crippen LogP contribution in [0.4, 0.5) is 0 Å². The molecular weight excluding hydrogens is 452 g/mol. The summed E-state index contributed by atoms with van der Waals surface area (Å²) in [6, 6.07) is 5.81. The second-order valence-corrected chi connectivity index (χ2v) is 9.75. The fraction of sp³-hybridized carbons (Fsp3) is 0.600. The first-order chi connectivity index (χ1) is 16.6. The number of hydrogen-bond acceptors (Lipinski definition) is 6. The Bertz CT molecular complexity index is 924. The van der Waals surface area contributed by atoms with Crippen molar-refractivity contribution in [1.82, 2.24) is 15.1 Å². The lowest BCUT2D eigenvalue weighted by Crippen LogP contribution is -2.59. The van der Waals surface area contributed by atoms with Crippen molar-refractivity contribution in [2.45, 2.75) is 76.2 Å². The van der Waals surface area contributed by atoms with Crippen LogP contribution >= 0.6 is 0 Å². The van der Waals surface area contributed by atoms with Crippen molar-refractivity contribution >= 4 is 23.7 Å². The van der Waals surface area contributed by atoms with Crippen LogP contribution in [-0.4, -0.2) is 87.1 Å². The maximum atomic E-state index is 13.5. The van der Waals surface area contributed by atoms with Gasteiger partial charge in [-0.3, -0.25) is 14.4 Å². The molecule has 0 unspecified atom stereocenters. The van der Waals surface area contributed by atoms with Crippen LogP contribution in [-0.2, 0) is 25.6 Å². The summed E-state index contributed by atoms with van der Waals surface area (Å²) >= 11 is 0. The van der Waals surface area contributed by atoms with Gasteiger partial charge in [-0.15, -0.1) is 0 Å². The van der Waals surface area contributed by atoms with Gasteiger partial charge in [0.15, 0.2) is 0 Å². The number of nitrogens with one attached hydrogen (secondary N) is 1. The van der Waals surface area contributed by atoms with Gasteiger partial charge < -0.3 is 31.1 Å². The van der Waals surface area contributed by atoms with E-state index in [0.29, 0.717) is 45.2 Å². The van der Waals surface area contributed by atoms with Crippen molar-refractivity contribution in [1.29, 1.82) is 0 Å². The second kappa shape index (κ2) is 11.6. The molecule has 3 amide bonds. The normalized spacial score (nSPS) is 22.7. The number of aliphatic carboxylic acids is 1. The summed E-state index contributed by atoms with van der Waals surface area (Å²) in [5, 5.41) is 22.6. The zero-order valence-electron chi connectivity index (χ0n) is 20.3. The molecule has 0 aromatic heterocycles. The predicted molar refractivity (Wildman–Crippen MR) is 128 cm³/mol. The van der Waals surface area contributed by atoms with Crippen LogP contribution in [0.25, 0.3) is 0 Å².